The number of hydrogen-bond acceptors (Lipinski definition) is 2. The monoisotopic (exact) mass is 309 g/mol. The molecule has 5 heteroatoms. The number of nitrogens with one attached hydrogen (secondary N) is 1. The Kier molecular flexibility index (Phi) is 5.09. The minimum absolute atomic E-state index is 0.0877. The van der Waals surface area contributed by atoms with E-state index in [4.69, 9.17) is 11.6 Å². The molecule has 1 aromatic rings. The lowest BCUT2D eigenvalue weighted by molar-refractivity contribution is 0.0935. The van der Waals surface area contributed by atoms with Crippen LogP contribution >= 0.6 is 38.9 Å². The molecule has 1 aromatic heterocycles. The van der Waals surface area contributed by atoms with Crippen molar-refractivity contribution in [3.8, 4) is 0 Å². The van der Waals surface area contributed by atoms with Crippen LogP contribution in [0.5, 0.6) is 0 Å². The zero-order valence-electron chi connectivity index (χ0n) is 8.59. The van der Waals surface area contributed by atoms with Crippen molar-refractivity contribution >= 4 is 44.8 Å². The van der Waals surface area contributed by atoms with Crippen molar-refractivity contribution in [3.05, 3.63) is 21.3 Å². The minimum atomic E-state index is -0.0877. The molecule has 1 heterocycles. The Labute approximate surface area is 107 Å². The second-order valence-electron chi connectivity index (χ2n) is 3.49. The lowest BCUT2D eigenvalue weighted by atomic mass is 10.1. The van der Waals surface area contributed by atoms with Crippen molar-refractivity contribution < 1.29 is 4.79 Å². The summed E-state index contributed by atoms with van der Waals surface area (Å²) >= 11 is 10.6. The fourth-order valence-corrected chi connectivity index (χ4v) is 2.61. The summed E-state index contributed by atoms with van der Waals surface area (Å²) in [7, 11) is 0. The standard InChI is InChI=1S/C10H13BrClNOS/c1-6(5-11)7(2)13-10(14)9-8(12)3-4-15-9/h3-4,6-7H,5H2,1-2H3,(H,13,14). The summed E-state index contributed by atoms with van der Waals surface area (Å²) in [6.07, 6.45) is 0. The summed E-state index contributed by atoms with van der Waals surface area (Å²) in [5, 5.41) is 6.14. The van der Waals surface area contributed by atoms with Crippen LogP contribution in [0, 0.1) is 5.92 Å². The number of thiophene rings is 1. The molecule has 0 saturated carbocycles. The second-order valence-corrected chi connectivity index (χ2v) is 5.46. The zero-order chi connectivity index (χ0) is 11.4. The van der Waals surface area contributed by atoms with E-state index in [1.807, 2.05) is 12.3 Å². The molecule has 0 spiro atoms. The molecule has 0 aliphatic carbocycles. The third-order valence-corrected chi connectivity index (χ3v) is 4.64. The molecule has 0 aliphatic heterocycles. The van der Waals surface area contributed by atoms with Crippen LogP contribution in [0.1, 0.15) is 23.5 Å². The van der Waals surface area contributed by atoms with Crippen LogP contribution in [-0.4, -0.2) is 17.3 Å². The van der Waals surface area contributed by atoms with Crippen molar-refractivity contribution in [2.24, 2.45) is 5.92 Å². The highest BCUT2D eigenvalue weighted by molar-refractivity contribution is 9.09. The number of carbonyl (C=O) groups excluding carboxylic acids is 1. The van der Waals surface area contributed by atoms with E-state index in [-0.39, 0.29) is 11.9 Å². The number of alkyl halides is 1. The van der Waals surface area contributed by atoms with Crippen LogP contribution in [0.4, 0.5) is 0 Å². The molecule has 1 rings (SSSR count). The molecule has 1 amide bonds. The van der Waals surface area contributed by atoms with Crippen molar-refractivity contribution in [1.82, 2.24) is 5.32 Å². The fraction of sp³-hybridized carbons (Fsp3) is 0.500. The molecule has 0 aliphatic rings. The van der Waals surface area contributed by atoms with E-state index in [1.54, 1.807) is 6.07 Å². The van der Waals surface area contributed by atoms with Gasteiger partial charge in [0.1, 0.15) is 4.88 Å². The van der Waals surface area contributed by atoms with Gasteiger partial charge in [0.25, 0.3) is 5.91 Å². The van der Waals surface area contributed by atoms with Crippen LogP contribution in [0.3, 0.4) is 0 Å². The zero-order valence-corrected chi connectivity index (χ0v) is 11.7. The minimum Gasteiger partial charge on any atom is -0.349 e. The van der Waals surface area contributed by atoms with Gasteiger partial charge in [-0.15, -0.1) is 11.3 Å². The molecule has 0 fully saturated rings. The number of carbonyl (C=O) groups is 1. The average Bonchev–Trinajstić information content (AvgIpc) is 2.63. The normalized spacial score (nSPS) is 14.7. The summed E-state index contributed by atoms with van der Waals surface area (Å²) in [6, 6.07) is 1.87. The maximum Gasteiger partial charge on any atom is 0.263 e. The van der Waals surface area contributed by atoms with E-state index >= 15 is 0 Å². The molecule has 84 valence electrons. The summed E-state index contributed by atoms with van der Waals surface area (Å²) in [5.41, 5.74) is 0. The van der Waals surface area contributed by atoms with Gasteiger partial charge in [-0.3, -0.25) is 4.79 Å². The van der Waals surface area contributed by atoms with Gasteiger partial charge in [0.15, 0.2) is 0 Å². The van der Waals surface area contributed by atoms with E-state index < -0.39 is 0 Å². The summed E-state index contributed by atoms with van der Waals surface area (Å²) in [4.78, 5) is 12.3. The van der Waals surface area contributed by atoms with E-state index in [9.17, 15) is 4.79 Å². The highest BCUT2D eigenvalue weighted by Crippen LogP contribution is 2.22. The van der Waals surface area contributed by atoms with Gasteiger partial charge in [-0.2, -0.15) is 0 Å². The Morgan fingerprint density at radius 2 is 2.33 bits per heavy atom. The van der Waals surface area contributed by atoms with Crippen molar-refractivity contribution in [2.45, 2.75) is 19.9 Å². The lowest BCUT2D eigenvalue weighted by Gasteiger charge is -2.18. The predicted molar refractivity (Wildman–Crippen MR) is 69.2 cm³/mol. The van der Waals surface area contributed by atoms with Gasteiger partial charge in [0.05, 0.1) is 5.02 Å². The van der Waals surface area contributed by atoms with Gasteiger partial charge >= 0.3 is 0 Å². The molecule has 15 heavy (non-hydrogen) atoms. The molecular formula is C10H13BrClNOS. The third kappa shape index (κ3) is 3.47. The lowest BCUT2D eigenvalue weighted by Crippen LogP contribution is -2.37. The first-order valence-corrected chi connectivity index (χ1v) is 7.04. The highest BCUT2D eigenvalue weighted by atomic mass is 79.9. The predicted octanol–water partition coefficient (Wildman–Crippen LogP) is 3.55. The van der Waals surface area contributed by atoms with E-state index in [2.05, 4.69) is 28.2 Å². The van der Waals surface area contributed by atoms with E-state index in [1.165, 1.54) is 11.3 Å². The summed E-state index contributed by atoms with van der Waals surface area (Å²) in [6.45, 7) is 4.07. The Morgan fingerprint density at radius 1 is 1.67 bits per heavy atom. The molecule has 0 saturated heterocycles. The van der Waals surface area contributed by atoms with Crippen LogP contribution in [0.15, 0.2) is 11.4 Å². The van der Waals surface area contributed by atoms with Gasteiger partial charge in [-0.25, -0.2) is 0 Å². The Balaban J connectivity index is 2.60. The maximum absolute atomic E-state index is 11.8. The second kappa shape index (κ2) is 5.87. The number of halogens is 2. The Hall–Kier alpha value is -0.0600. The summed E-state index contributed by atoms with van der Waals surface area (Å²) < 4.78 is 0. The summed E-state index contributed by atoms with van der Waals surface area (Å²) in [5.74, 6) is 0.308. The van der Waals surface area contributed by atoms with E-state index in [0.29, 0.717) is 15.8 Å². The van der Waals surface area contributed by atoms with Crippen LogP contribution < -0.4 is 5.32 Å². The molecular weight excluding hydrogens is 298 g/mol. The number of rotatable bonds is 4. The molecule has 2 nitrogen and oxygen atoms in total. The van der Waals surface area contributed by atoms with Crippen molar-refractivity contribution in [3.63, 3.8) is 0 Å². The maximum atomic E-state index is 11.8. The molecule has 0 aromatic carbocycles. The smallest absolute Gasteiger partial charge is 0.263 e. The van der Waals surface area contributed by atoms with Crippen molar-refractivity contribution in [1.29, 1.82) is 0 Å². The van der Waals surface area contributed by atoms with Crippen molar-refractivity contribution in [2.75, 3.05) is 5.33 Å². The first-order chi connectivity index (χ1) is 7.06. The Bertz CT molecular complexity index is 342. The van der Waals surface area contributed by atoms with Crippen LogP contribution in [0.2, 0.25) is 5.02 Å². The van der Waals surface area contributed by atoms with Gasteiger partial charge in [0, 0.05) is 11.4 Å². The topological polar surface area (TPSA) is 29.1 Å². The number of amides is 1. The third-order valence-electron chi connectivity index (χ3n) is 2.28. The van der Waals surface area contributed by atoms with Crippen LogP contribution in [-0.2, 0) is 0 Å². The molecule has 0 radical (unpaired) electrons. The SMILES string of the molecule is CC(CBr)C(C)NC(=O)c1sccc1Cl. The van der Waals surface area contributed by atoms with Gasteiger partial charge < -0.3 is 5.32 Å². The van der Waals surface area contributed by atoms with E-state index in [0.717, 1.165) is 5.33 Å². The van der Waals surface area contributed by atoms with Gasteiger partial charge in [0.2, 0.25) is 0 Å². The highest BCUT2D eigenvalue weighted by Gasteiger charge is 2.17. The molecule has 0 bridgehead atoms. The quantitative estimate of drug-likeness (QED) is 0.847. The first-order valence-electron chi connectivity index (χ1n) is 4.66. The number of hydrogen-bond donors (Lipinski definition) is 1. The molecule has 2 unspecified atom stereocenters. The fourth-order valence-electron chi connectivity index (χ4n) is 1.00. The van der Waals surface area contributed by atoms with Gasteiger partial charge in [-0.1, -0.05) is 34.5 Å². The van der Waals surface area contributed by atoms with Gasteiger partial charge in [-0.05, 0) is 24.3 Å². The Morgan fingerprint density at radius 3 is 2.80 bits per heavy atom. The molecule has 2 atom stereocenters. The van der Waals surface area contributed by atoms with Crippen LogP contribution in [0.25, 0.3) is 0 Å². The largest absolute Gasteiger partial charge is 0.349 e. The average molecular weight is 311 g/mol. The first kappa shape index (κ1) is 13.0. The molecule has 1 N–H and O–H groups in total.